The minimum absolute atomic E-state index is 0.0805. The number of rotatable bonds is 10. The van der Waals surface area contributed by atoms with E-state index in [1.54, 1.807) is 19.2 Å². The van der Waals surface area contributed by atoms with Crippen LogP contribution < -0.4 is 19.8 Å². The maximum atomic E-state index is 13.1. The van der Waals surface area contributed by atoms with E-state index in [9.17, 15) is 4.79 Å². The van der Waals surface area contributed by atoms with Crippen LogP contribution in [0.3, 0.4) is 0 Å². The highest BCUT2D eigenvalue weighted by atomic mass is 16.5. The number of hydrogen-bond donors (Lipinski definition) is 0. The number of para-hydroxylation sites is 1. The highest BCUT2D eigenvalue weighted by Crippen LogP contribution is 2.25. The number of hydrogen-bond acceptors (Lipinski definition) is 8. The van der Waals surface area contributed by atoms with E-state index in [-0.39, 0.29) is 5.43 Å². The molecule has 3 aromatic carbocycles. The summed E-state index contributed by atoms with van der Waals surface area (Å²) in [6.07, 6.45) is 4.30. The minimum Gasteiger partial charge on any atom is -0.497 e. The normalized spacial score (nSPS) is 13.9. The van der Waals surface area contributed by atoms with Gasteiger partial charge in [0.15, 0.2) is 5.43 Å². The molecule has 6 rings (SSSR count). The predicted molar refractivity (Wildman–Crippen MR) is 159 cm³/mol. The van der Waals surface area contributed by atoms with Crippen molar-refractivity contribution in [2.45, 2.75) is 19.5 Å². The number of ether oxygens (including phenoxy) is 2. The number of aromatic nitrogens is 3. The Labute approximate surface area is 238 Å². The van der Waals surface area contributed by atoms with Crippen molar-refractivity contribution >= 4 is 16.7 Å². The Kier molecular flexibility index (Phi) is 7.95. The van der Waals surface area contributed by atoms with Gasteiger partial charge < -0.3 is 18.8 Å². The van der Waals surface area contributed by atoms with Gasteiger partial charge in [-0.3, -0.25) is 14.4 Å². The molecule has 0 radical (unpaired) electrons. The van der Waals surface area contributed by atoms with Crippen LogP contribution in [0.5, 0.6) is 11.5 Å². The van der Waals surface area contributed by atoms with E-state index in [0.29, 0.717) is 35.4 Å². The van der Waals surface area contributed by atoms with Crippen LogP contribution in [-0.4, -0.2) is 59.8 Å². The van der Waals surface area contributed by atoms with Gasteiger partial charge in [-0.15, -0.1) is 5.10 Å². The van der Waals surface area contributed by atoms with E-state index < -0.39 is 0 Å². The number of fused-ring (bicyclic) bond motifs is 1. The maximum absolute atomic E-state index is 13.1. The van der Waals surface area contributed by atoms with Crippen LogP contribution in [0.1, 0.15) is 12.1 Å². The Morgan fingerprint density at radius 1 is 0.927 bits per heavy atom. The zero-order chi connectivity index (χ0) is 28.0. The Bertz CT molecular complexity index is 1640. The number of methoxy groups -OCH3 is 1. The molecule has 2 aromatic heterocycles. The molecule has 1 aliphatic heterocycles. The van der Waals surface area contributed by atoms with E-state index in [2.05, 4.69) is 50.4 Å². The van der Waals surface area contributed by atoms with Gasteiger partial charge in [0.2, 0.25) is 0 Å². The van der Waals surface area contributed by atoms with Crippen molar-refractivity contribution in [1.29, 1.82) is 0 Å². The quantitative estimate of drug-likeness (QED) is 0.228. The lowest BCUT2D eigenvalue weighted by atomic mass is 10.1. The summed E-state index contributed by atoms with van der Waals surface area (Å²) in [5, 5.41) is 9.19. The van der Waals surface area contributed by atoms with Crippen molar-refractivity contribution in [2.75, 3.05) is 44.8 Å². The first-order valence-corrected chi connectivity index (χ1v) is 13.9. The minimum atomic E-state index is -0.0805. The molecule has 9 nitrogen and oxygen atoms in total. The highest BCUT2D eigenvalue weighted by Gasteiger charge is 2.18. The first-order valence-electron chi connectivity index (χ1n) is 13.9. The average molecular weight is 552 g/mol. The van der Waals surface area contributed by atoms with Crippen LogP contribution in [0.15, 0.2) is 94.5 Å². The Balaban J connectivity index is 0.976. The van der Waals surface area contributed by atoms with Crippen molar-refractivity contribution in [1.82, 2.24) is 19.9 Å². The largest absolute Gasteiger partial charge is 0.497 e. The summed E-state index contributed by atoms with van der Waals surface area (Å²) < 4.78 is 18.8. The molecular weight excluding hydrogens is 518 g/mol. The lowest BCUT2D eigenvalue weighted by Gasteiger charge is -2.35. The summed E-state index contributed by atoms with van der Waals surface area (Å²) in [4.78, 5) is 17.9. The Morgan fingerprint density at radius 3 is 2.49 bits per heavy atom. The predicted octanol–water partition coefficient (Wildman–Crippen LogP) is 4.85. The zero-order valence-corrected chi connectivity index (χ0v) is 23.1. The lowest BCUT2D eigenvalue weighted by molar-refractivity contribution is 0.247. The van der Waals surface area contributed by atoms with Crippen molar-refractivity contribution < 1.29 is 13.9 Å². The van der Waals surface area contributed by atoms with Gasteiger partial charge >= 0.3 is 0 Å². The first-order chi connectivity index (χ1) is 20.2. The summed E-state index contributed by atoms with van der Waals surface area (Å²) in [6, 6.07) is 23.2. The molecule has 9 heteroatoms. The van der Waals surface area contributed by atoms with Gasteiger partial charge in [-0.2, -0.15) is 0 Å². The van der Waals surface area contributed by atoms with E-state index in [4.69, 9.17) is 13.9 Å². The third-order valence-electron chi connectivity index (χ3n) is 7.41. The summed E-state index contributed by atoms with van der Waals surface area (Å²) in [7, 11) is 1.61. The topological polar surface area (TPSA) is 85.9 Å². The van der Waals surface area contributed by atoms with Gasteiger partial charge in [-0.25, -0.2) is 0 Å². The van der Waals surface area contributed by atoms with Crippen LogP contribution in [0.4, 0.5) is 5.69 Å². The average Bonchev–Trinajstić information content (AvgIpc) is 3.47. The molecule has 1 fully saturated rings. The van der Waals surface area contributed by atoms with Gasteiger partial charge in [0.25, 0.3) is 0 Å². The Hall–Kier alpha value is -4.63. The molecule has 3 heterocycles. The number of anilines is 1. The summed E-state index contributed by atoms with van der Waals surface area (Å²) >= 11 is 0. The number of piperazine rings is 1. The maximum Gasteiger partial charge on any atom is 0.200 e. The second-order valence-electron chi connectivity index (χ2n) is 10.1. The SMILES string of the molecule is COc1ccc(-c2coc3cc(OCCCn4cc(CN5CCN(c6ccccc6)CC5)nn4)ccc3c2=O)cc1. The van der Waals surface area contributed by atoms with Gasteiger partial charge in [-0.05, 0) is 42.0 Å². The third kappa shape index (κ3) is 6.25. The van der Waals surface area contributed by atoms with Gasteiger partial charge in [0.05, 0.1) is 30.4 Å². The molecule has 0 amide bonds. The van der Waals surface area contributed by atoms with Crippen molar-refractivity contribution in [3.63, 3.8) is 0 Å². The van der Waals surface area contributed by atoms with Crippen LogP contribution in [0, 0.1) is 0 Å². The smallest absolute Gasteiger partial charge is 0.200 e. The summed E-state index contributed by atoms with van der Waals surface area (Å²) in [6.45, 7) is 6.06. The van der Waals surface area contributed by atoms with Crippen LogP contribution in [-0.2, 0) is 13.1 Å². The number of nitrogens with zero attached hydrogens (tertiary/aromatic N) is 5. The molecule has 0 saturated carbocycles. The van der Waals surface area contributed by atoms with Crippen LogP contribution >= 0.6 is 0 Å². The van der Waals surface area contributed by atoms with Gasteiger partial charge in [0.1, 0.15) is 23.3 Å². The standard InChI is InChI=1S/C32H33N5O4/c1-39-27-10-8-24(9-11-27)30-23-41-31-20-28(12-13-29(31)32(30)38)40-19-5-14-37-22-25(33-34-37)21-35-15-17-36(18-16-35)26-6-3-2-4-7-26/h2-4,6-13,20,22-23H,5,14-19,21H2,1H3. The molecule has 0 spiro atoms. The molecule has 0 unspecified atom stereocenters. The first kappa shape index (κ1) is 26.6. The summed E-state index contributed by atoms with van der Waals surface area (Å²) in [5.41, 5.74) is 3.97. The number of aryl methyl sites for hydroxylation is 1. The fraction of sp³-hybridized carbons (Fsp3) is 0.281. The molecule has 0 aliphatic carbocycles. The second-order valence-corrected chi connectivity index (χ2v) is 10.1. The third-order valence-corrected chi connectivity index (χ3v) is 7.41. The fourth-order valence-corrected chi connectivity index (χ4v) is 5.14. The molecule has 1 saturated heterocycles. The monoisotopic (exact) mass is 551 g/mol. The molecule has 0 bridgehead atoms. The number of benzene rings is 3. The fourth-order valence-electron chi connectivity index (χ4n) is 5.14. The molecular formula is C32H33N5O4. The van der Waals surface area contributed by atoms with E-state index in [0.717, 1.165) is 56.2 Å². The van der Waals surface area contributed by atoms with Crippen LogP contribution in [0.25, 0.3) is 22.1 Å². The van der Waals surface area contributed by atoms with Crippen molar-refractivity contribution in [3.8, 4) is 22.6 Å². The van der Waals surface area contributed by atoms with E-state index in [1.165, 1.54) is 12.0 Å². The van der Waals surface area contributed by atoms with E-state index >= 15 is 0 Å². The van der Waals surface area contributed by atoms with Gasteiger partial charge in [0, 0.05) is 63.6 Å². The van der Waals surface area contributed by atoms with Crippen molar-refractivity contribution in [2.24, 2.45) is 0 Å². The second kappa shape index (κ2) is 12.3. The molecule has 0 N–H and O–H groups in total. The molecule has 210 valence electrons. The van der Waals surface area contributed by atoms with Crippen molar-refractivity contribution in [3.05, 3.63) is 101 Å². The molecule has 1 aliphatic rings. The van der Waals surface area contributed by atoms with Gasteiger partial charge in [-0.1, -0.05) is 35.5 Å². The summed E-state index contributed by atoms with van der Waals surface area (Å²) in [5.74, 6) is 1.39. The zero-order valence-electron chi connectivity index (χ0n) is 23.1. The molecule has 5 aromatic rings. The van der Waals surface area contributed by atoms with Crippen LogP contribution in [0.2, 0.25) is 0 Å². The highest BCUT2D eigenvalue weighted by molar-refractivity contribution is 5.82. The molecule has 41 heavy (non-hydrogen) atoms. The molecule has 0 atom stereocenters. The Morgan fingerprint density at radius 2 is 1.71 bits per heavy atom. The van der Waals surface area contributed by atoms with E-state index in [1.807, 2.05) is 41.2 Å². The lowest BCUT2D eigenvalue weighted by Crippen LogP contribution is -2.46.